The largest absolute Gasteiger partial charge is 0.438 e. The second-order valence-electron chi connectivity index (χ2n) is 4.33. The highest BCUT2D eigenvalue weighted by Gasteiger charge is 2.09. The van der Waals surface area contributed by atoms with Gasteiger partial charge in [-0.15, -0.1) is 0 Å². The van der Waals surface area contributed by atoms with Crippen molar-refractivity contribution in [2.45, 2.75) is 6.92 Å². The quantitative estimate of drug-likeness (QED) is 0.600. The molecule has 1 aromatic heterocycles. The van der Waals surface area contributed by atoms with Gasteiger partial charge in [0.25, 0.3) is 0 Å². The summed E-state index contributed by atoms with van der Waals surface area (Å²) >= 11 is 9.40. The second kappa shape index (κ2) is 5.38. The number of benzene rings is 2. The van der Waals surface area contributed by atoms with Crippen LogP contribution in [-0.4, -0.2) is 9.97 Å². The van der Waals surface area contributed by atoms with Gasteiger partial charge in [-0.2, -0.15) is 4.98 Å². The fourth-order valence-corrected chi connectivity index (χ4v) is 2.30. The standard InChI is InChI=1S/C15H10BrClN2O/c1-9-8-10(6-7-12(9)16)20-14-11-4-2-3-5-13(11)18-15(17)19-14/h2-8H,1H3. The number of aromatic nitrogens is 2. The lowest BCUT2D eigenvalue weighted by Crippen LogP contribution is -1.93. The topological polar surface area (TPSA) is 35.0 Å². The Kier molecular flexibility index (Phi) is 3.59. The predicted octanol–water partition coefficient (Wildman–Crippen LogP) is 5.15. The van der Waals surface area contributed by atoms with E-state index in [1.54, 1.807) is 0 Å². The van der Waals surface area contributed by atoms with Gasteiger partial charge in [0.05, 0.1) is 10.9 Å². The second-order valence-corrected chi connectivity index (χ2v) is 5.52. The third-order valence-electron chi connectivity index (χ3n) is 2.88. The number of ether oxygens (including phenoxy) is 1. The molecule has 0 amide bonds. The molecule has 20 heavy (non-hydrogen) atoms. The Bertz CT molecular complexity index is 792. The smallest absolute Gasteiger partial charge is 0.231 e. The van der Waals surface area contributed by atoms with Gasteiger partial charge >= 0.3 is 0 Å². The van der Waals surface area contributed by atoms with Gasteiger partial charge < -0.3 is 4.74 Å². The van der Waals surface area contributed by atoms with Crippen LogP contribution in [0.1, 0.15) is 5.56 Å². The molecule has 0 unspecified atom stereocenters. The lowest BCUT2D eigenvalue weighted by atomic mass is 10.2. The average molecular weight is 350 g/mol. The summed E-state index contributed by atoms with van der Waals surface area (Å²) in [4.78, 5) is 8.35. The number of para-hydroxylation sites is 1. The molecule has 0 radical (unpaired) electrons. The molecule has 0 spiro atoms. The Morgan fingerprint density at radius 1 is 1.10 bits per heavy atom. The maximum Gasteiger partial charge on any atom is 0.231 e. The summed E-state index contributed by atoms with van der Waals surface area (Å²) in [6, 6.07) is 13.4. The summed E-state index contributed by atoms with van der Waals surface area (Å²) < 4.78 is 6.89. The normalized spacial score (nSPS) is 10.8. The minimum atomic E-state index is 0.174. The molecule has 0 bridgehead atoms. The van der Waals surface area contributed by atoms with Gasteiger partial charge in [0, 0.05) is 4.47 Å². The highest BCUT2D eigenvalue weighted by atomic mass is 79.9. The highest BCUT2D eigenvalue weighted by molar-refractivity contribution is 9.10. The third kappa shape index (κ3) is 2.62. The van der Waals surface area contributed by atoms with Crippen molar-refractivity contribution < 1.29 is 4.74 Å². The third-order valence-corrected chi connectivity index (χ3v) is 3.94. The van der Waals surface area contributed by atoms with Crippen LogP contribution in [0.4, 0.5) is 0 Å². The molecule has 2 aromatic carbocycles. The van der Waals surface area contributed by atoms with Gasteiger partial charge in [-0.25, -0.2) is 4.98 Å². The van der Waals surface area contributed by atoms with Gasteiger partial charge in [0.15, 0.2) is 0 Å². The summed E-state index contributed by atoms with van der Waals surface area (Å²) in [7, 11) is 0. The molecule has 0 fully saturated rings. The van der Waals surface area contributed by atoms with Crippen molar-refractivity contribution in [1.29, 1.82) is 0 Å². The molecule has 0 saturated heterocycles. The Balaban J connectivity index is 2.07. The first-order valence-corrected chi connectivity index (χ1v) is 7.17. The Morgan fingerprint density at radius 2 is 1.90 bits per heavy atom. The molecule has 1 heterocycles. The Morgan fingerprint density at radius 3 is 2.70 bits per heavy atom. The molecule has 3 aromatic rings. The lowest BCUT2D eigenvalue weighted by molar-refractivity contribution is 0.468. The van der Waals surface area contributed by atoms with Crippen LogP contribution in [0.15, 0.2) is 46.9 Å². The van der Waals surface area contributed by atoms with Crippen LogP contribution < -0.4 is 4.74 Å². The molecule has 3 nitrogen and oxygen atoms in total. The van der Waals surface area contributed by atoms with Crippen molar-refractivity contribution in [1.82, 2.24) is 9.97 Å². The van der Waals surface area contributed by atoms with Crippen molar-refractivity contribution in [3.8, 4) is 11.6 Å². The van der Waals surface area contributed by atoms with Gasteiger partial charge in [-0.1, -0.05) is 28.1 Å². The monoisotopic (exact) mass is 348 g/mol. The predicted molar refractivity (Wildman–Crippen MR) is 83.5 cm³/mol. The summed E-state index contributed by atoms with van der Waals surface area (Å²) in [5, 5.41) is 1.00. The van der Waals surface area contributed by atoms with E-state index in [9.17, 15) is 0 Å². The average Bonchev–Trinajstić information content (AvgIpc) is 2.43. The van der Waals surface area contributed by atoms with Crippen LogP contribution in [0.3, 0.4) is 0 Å². The molecule has 0 aliphatic heterocycles. The minimum Gasteiger partial charge on any atom is -0.438 e. The molecule has 0 saturated carbocycles. The van der Waals surface area contributed by atoms with E-state index in [0.29, 0.717) is 11.6 Å². The highest BCUT2D eigenvalue weighted by Crippen LogP contribution is 2.30. The number of rotatable bonds is 2. The van der Waals surface area contributed by atoms with E-state index >= 15 is 0 Å². The van der Waals surface area contributed by atoms with E-state index in [0.717, 1.165) is 20.9 Å². The molecule has 3 rings (SSSR count). The van der Waals surface area contributed by atoms with Gasteiger partial charge in [0.2, 0.25) is 11.2 Å². The van der Waals surface area contributed by atoms with Crippen molar-refractivity contribution in [3.63, 3.8) is 0 Å². The van der Waals surface area contributed by atoms with Gasteiger partial charge in [-0.3, -0.25) is 0 Å². The zero-order valence-electron chi connectivity index (χ0n) is 10.6. The van der Waals surface area contributed by atoms with Crippen molar-refractivity contribution in [2.24, 2.45) is 0 Å². The molecule has 100 valence electrons. The van der Waals surface area contributed by atoms with E-state index < -0.39 is 0 Å². The van der Waals surface area contributed by atoms with E-state index in [-0.39, 0.29) is 5.28 Å². The number of hydrogen-bond donors (Lipinski definition) is 0. The molecular formula is C15H10BrClN2O. The number of aryl methyl sites for hydroxylation is 1. The first-order chi connectivity index (χ1) is 9.63. The molecular weight excluding hydrogens is 340 g/mol. The van der Waals surface area contributed by atoms with Crippen LogP contribution in [0.25, 0.3) is 10.9 Å². The SMILES string of the molecule is Cc1cc(Oc2nc(Cl)nc3ccccc23)ccc1Br. The van der Waals surface area contributed by atoms with Crippen LogP contribution in [0.2, 0.25) is 5.28 Å². The van der Waals surface area contributed by atoms with Crippen molar-refractivity contribution in [3.05, 3.63) is 57.8 Å². The molecule has 5 heteroatoms. The zero-order chi connectivity index (χ0) is 14.1. The summed E-state index contributed by atoms with van der Waals surface area (Å²) in [6.45, 7) is 2.00. The number of fused-ring (bicyclic) bond motifs is 1. The Labute approximate surface area is 129 Å². The molecule has 0 N–H and O–H groups in total. The molecule has 0 aliphatic carbocycles. The van der Waals surface area contributed by atoms with Crippen LogP contribution in [0.5, 0.6) is 11.6 Å². The number of halogens is 2. The van der Waals surface area contributed by atoms with Crippen LogP contribution in [-0.2, 0) is 0 Å². The summed E-state index contributed by atoms with van der Waals surface area (Å²) in [6.07, 6.45) is 0. The first-order valence-electron chi connectivity index (χ1n) is 6.00. The number of nitrogens with zero attached hydrogens (tertiary/aromatic N) is 2. The van der Waals surface area contributed by atoms with E-state index in [1.807, 2.05) is 49.4 Å². The van der Waals surface area contributed by atoms with Gasteiger partial charge in [-0.05, 0) is 54.4 Å². The maximum atomic E-state index is 5.94. The lowest BCUT2D eigenvalue weighted by Gasteiger charge is -2.09. The minimum absolute atomic E-state index is 0.174. The van der Waals surface area contributed by atoms with E-state index in [1.165, 1.54) is 0 Å². The fraction of sp³-hybridized carbons (Fsp3) is 0.0667. The zero-order valence-corrected chi connectivity index (χ0v) is 12.9. The van der Waals surface area contributed by atoms with Crippen molar-refractivity contribution in [2.75, 3.05) is 0 Å². The summed E-state index contributed by atoms with van der Waals surface area (Å²) in [5.74, 6) is 1.17. The van der Waals surface area contributed by atoms with E-state index in [2.05, 4.69) is 25.9 Å². The molecule has 0 aliphatic rings. The molecule has 0 atom stereocenters. The van der Waals surface area contributed by atoms with Gasteiger partial charge in [0.1, 0.15) is 5.75 Å². The number of hydrogen-bond acceptors (Lipinski definition) is 3. The Hall–Kier alpha value is -1.65. The van der Waals surface area contributed by atoms with Crippen LogP contribution in [0, 0.1) is 6.92 Å². The fourth-order valence-electron chi connectivity index (χ4n) is 1.89. The van der Waals surface area contributed by atoms with Crippen molar-refractivity contribution >= 4 is 38.4 Å². The first kappa shape index (κ1) is 13.3. The van der Waals surface area contributed by atoms with Crippen LogP contribution >= 0.6 is 27.5 Å². The summed E-state index contributed by atoms with van der Waals surface area (Å²) in [5.41, 5.74) is 1.85. The van der Waals surface area contributed by atoms with E-state index in [4.69, 9.17) is 16.3 Å². The maximum absolute atomic E-state index is 5.94.